The van der Waals surface area contributed by atoms with Crippen molar-refractivity contribution in [2.75, 3.05) is 0 Å². The summed E-state index contributed by atoms with van der Waals surface area (Å²) in [5.41, 5.74) is 5.68. The normalized spacial score (nSPS) is 11.4. The van der Waals surface area contributed by atoms with Crippen molar-refractivity contribution in [3.05, 3.63) is 39.5 Å². The third-order valence-corrected chi connectivity index (χ3v) is 3.88. The summed E-state index contributed by atoms with van der Waals surface area (Å²) in [6.07, 6.45) is 0. The third-order valence-electron chi connectivity index (χ3n) is 3.03. The van der Waals surface area contributed by atoms with E-state index in [1.165, 1.54) is 15.9 Å². The second-order valence-corrected chi connectivity index (χ2v) is 5.79. The number of fused-ring (bicyclic) bond motifs is 1. The number of aromatic amines is 1. The second-order valence-electron chi connectivity index (χ2n) is 4.86. The highest BCUT2D eigenvalue weighted by atomic mass is 32.1. The molecular formula is C13H13N5O2S. The first-order valence-electron chi connectivity index (χ1n) is 6.35. The molecule has 3 rings (SSSR count). The van der Waals surface area contributed by atoms with Crippen molar-refractivity contribution in [1.82, 2.24) is 19.5 Å². The van der Waals surface area contributed by atoms with Gasteiger partial charge in [0.25, 0.3) is 5.91 Å². The maximum absolute atomic E-state index is 12.2. The predicted octanol–water partition coefficient (Wildman–Crippen LogP) is 1.39. The zero-order valence-electron chi connectivity index (χ0n) is 11.5. The summed E-state index contributed by atoms with van der Waals surface area (Å²) in [6.45, 7) is 3.82. The first kappa shape index (κ1) is 13.5. The van der Waals surface area contributed by atoms with E-state index in [1.807, 2.05) is 25.3 Å². The number of hydrogen-bond donors (Lipinski definition) is 2. The number of carbonyl (C=O) groups excluding carboxylic acids is 1. The summed E-state index contributed by atoms with van der Waals surface area (Å²) in [6, 6.07) is 3.64. The number of nitrogens with zero attached hydrogens (tertiary/aromatic N) is 3. The molecule has 3 N–H and O–H groups in total. The van der Waals surface area contributed by atoms with E-state index >= 15 is 0 Å². The number of amides is 1. The van der Waals surface area contributed by atoms with E-state index in [-0.39, 0.29) is 22.8 Å². The fraction of sp³-hybridized carbons (Fsp3) is 0.231. The zero-order chi connectivity index (χ0) is 15.1. The van der Waals surface area contributed by atoms with E-state index < -0.39 is 5.91 Å². The molecule has 0 aliphatic heterocycles. The maximum atomic E-state index is 12.2. The minimum Gasteiger partial charge on any atom is -0.364 e. The van der Waals surface area contributed by atoms with Crippen LogP contribution in [-0.4, -0.2) is 25.4 Å². The Kier molecular flexibility index (Phi) is 3.09. The van der Waals surface area contributed by atoms with Crippen LogP contribution >= 0.6 is 11.3 Å². The van der Waals surface area contributed by atoms with Crippen LogP contribution in [0.2, 0.25) is 0 Å². The first-order valence-corrected chi connectivity index (χ1v) is 7.23. The molecule has 0 aromatic carbocycles. The number of thiophene rings is 1. The van der Waals surface area contributed by atoms with Gasteiger partial charge < -0.3 is 10.7 Å². The number of rotatable bonds is 3. The van der Waals surface area contributed by atoms with Gasteiger partial charge in [0, 0.05) is 5.92 Å². The van der Waals surface area contributed by atoms with Gasteiger partial charge in [0.05, 0.1) is 0 Å². The standard InChI is InChI=1S/C13H13N5O2S/c1-6(2)11-15-8(10(14)19)9-12(17-11)18(13(20)16-9)7-4-3-5-21-7/h3-6H,1-2H3,(H2,14,19)(H,16,20). The second kappa shape index (κ2) is 4.81. The first-order chi connectivity index (χ1) is 9.99. The van der Waals surface area contributed by atoms with Crippen molar-refractivity contribution in [2.45, 2.75) is 19.8 Å². The van der Waals surface area contributed by atoms with Gasteiger partial charge in [0.15, 0.2) is 11.3 Å². The minimum atomic E-state index is -0.691. The van der Waals surface area contributed by atoms with Crippen LogP contribution in [0.4, 0.5) is 0 Å². The van der Waals surface area contributed by atoms with Gasteiger partial charge in [-0.1, -0.05) is 13.8 Å². The van der Waals surface area contributed by atoms with Crippen molar-refractivity contribution >= 4 is 28.4 Å². The number of nitrogens with two attached hydrogens (primary N) is 1. The van der Waals surface area contributed by atoms with Crippen LogP contribution in [0.3, 0.4) is 0 Å². The number of imidazole rings is 1. The molecule has 3 aromatic heterocycles. The lowest BCUT2D eigenvalue weighted by Crippen LogP contribution is -2.16. The van der Waals surface area contributed by atoms with Crippen molar-refractivity contribution in [1.29, 1.82) is 0 Å². The lowest BCUT2D eigenvalue weighted by molar-refractivity contribution is 0.0996. The van der Waals surface area contributed by atoms with E-state index in [2.05, 4.69) is 15.0 Å². The molecule has 0 atom stereocenters. The average molecular weight is 303 g/mol. The number of primary amides is 1. The van der Waals surface area contributed by atoms with Crippen LogP contribution in [0, 0.1) is 0 Å². The van der Waals surface area contributed by atoms with Gasteiger partial charge in [0.1, 0.15) is 16.3 Å². The molecule has 0 fully saturated rings. The highest BCUT2D eigenvalue weighted by Gasteiger charge is 2.20. The predicted molar refractivity (Wildman–Crippen MR) is 80.0 cm³/mol. The number of nitrogens with one attached hydrogen (secondary N) is 1. The molecule has 108 valence electrons. The largest absolute Gasteiger partial charge is 0.364 e. The van der Waals surface area contributed by atoms with Gasteiger partial charge in [-0.3, -0.25) is 4.79 Å². The number of aromatic nitrogens is 4. The van der Waals surface area contributed by atoms with E-state index in [4.69, 9.17) is 5.73 Å². The van der Waals surface area contributed by atoms with Gasteiger partial charge in [-0.15, -0.1) is 11.3 Å². The van der Waals surface area contributed by atoms with Crippen LogP contribution in [0.25, 0.3) is 16.2 Å². The molecule has 7 nitrogen and oxygen atoms in total. The van der Waals surface area contributed by atoms with E-state index in [9.17, 15) is 9.59 Å². The Morgan fingerprint density at radius 1 is 1.43 bits per heavy atom. The highest BCUT2D eigenvalue weighted by Crippen LogP contribution is 2.21. The summed E-state index contributed by atoms with van der Waals surface area (Å²) < 4.78 is 1.43. The van der Waals surface area contributed by atoms with Crippen LogP contribution < -0.4 is 11.4 Å². The van der Waals surface area contributed by atoms with Gasteiger partial charge in [0.2, 0.25) is 0 Å². The van der Waals surface area contributed by atoms with Crippen molar-refractivity contribution in [3.8, 4) is 5.00 Å². The molecule has 21 heavy (non-hydrogen) atoms. The van der Waals surface area contributed by atoms with Crippen LogP contribution in [0.5, 0.6) is 0 Å². The molecule has 0 unspecified atom stereocenters. The number of hydrogen-bond acceptors (Lipinski definition) is 5. The topological polar surface area (TPSA) is 107 Å². The quantitative estimate of drug-likeness (QED) is 0.762. The van der Waals surface area contributed by atoms with Gasteiger partial charge in [-0.05, 0) is 17.5 Å². The molecule has 0 aliphatic carbocycles. The SMILES string of the molecule is CC(C)c1nc(C(N)=O)c2[nH]c(=O)n(-c3cccs3)c2n1. The van der Waals surface area contributed by atoms with Gasteiger partial charge in [-0.25, -0.2) is 19.3 Å². The minimum absolute atomic E-state index is 0.00860. The Morgan fingerprint density at radius 2 is 2.19 bits per heavy atom. The van der Waals surface area contributed by atoms with Crippen molar-refractivity contribution in [3.63, 3.8) is 0 Å². The molecule has 0 saturated carbocycles. The fourth-order valence-corrected chi connectivity index (χ4v) is 2.77. The number of H-pyrrole nitrogens is 1. The molecule has 0 radical (unpaired) electrons. The van der Waals surface area contributed by atoms with Crippen LogP contribution in [0.1, 0.15) is 36.1 Å². The molecular weight excluding hydrogens is 290 g/mol. The summed E-state index contributed by atoms with van der Waals surface area (Å²) in [5.74, 6) is -0.209. The van der Waals surface area contributed by atoms with Crippen molar-refractivity contribution in [2.24, 2.45) is 5.73 Å². The molecule has 0 saturated heterocycles. The Labute approximate surface area is 123 Å². The summed E-state index contributed by atoms with van der Waals surface area (Å²) >= 11 is 1.40. The van der Waals surface area contributed by atoms with E-state index in [0.29, 0.717) is 11.5 Å². The maximum Gasteiger partial charge on any atom is 0.333 e. The molecule has 8 heteroatoms. The third kappa shape index (κ3) is 2.13. The Hall–Kier alpha value is -2.48. The Bertz CT molecular complexity index is 876. The van der Waals surface area contributed by atoms with Crippen molar-refractivity contribution < 1.29 is 4.79 Å². The van der Waals surface area contributed by atoms with Crippen LogP contribution in [0.15, 0.2) is 22.3 Å². The highest BCUT2D eigenvalue weighted by molar-refractivity contribution is 7.12. The molecule has 0 bridgehead atoms. The Morgan fingerprint density at radius 3 is 2.76 bits per heavy atom. The molecule has 3 heterocycles. The van der Waals surface area contributed by atoms with Crippen LogP contribution in [-0.2, 0) is 0 Å². The summed E-state index contributed by atoms with van der Waals surface area (Å²) in [4.78, 5) is 35.0. The van der Waals surface area contributed by atoms with Gasteiger partial charge >= 0.3 is 5.69 Å². The number of carbonyl (C=O) groups is 1. The monoisotopic (exact) mass is 303 g/mol. The lowest BCUT2D eigenvalue weighted by Gasteiger charge is -2.07. The molecule has 0 spiro atoms. The summed E-state index contributed by atoms with van der Waals surface area (Å²) in [5, 5.41) is 2.58. The zero-order valence-corrected chi connectivity index (χ0v) is 12.3. The molecule has 0 aliphatic rings. The van der Waals surface area contributed by atoms with E-state index in [1.54, 1.807) is 6.07 Å². The molecule has 3 aromatic rings. The smallest absolute Gasteiger partial charge is 0.333 e. The fourth-order valence-electron chi connectivity index (χ4n) is 2.04. The summed E-state index contributed by atoms with van der Waals surface area (Å²) in [7, 11) is 0. The lowest BCUT2D eigenvalue weighted by atomic mass is 10.2. The molecule has 1 amide bonds. The Balaban J connectivity index is 2.43. The average Bonchev–Trinajstić information content (AvgIpc) is 3.02. The van der Waals surface area contributed by atoms with Gasteiger partial charge in [-0.2, -0.15) is 0 Å². The van der Waals surface area contributed by atoms with E-state index in [0.717, 1.165) is 5.00 Å².